The van der Waals surface area contributed by atoms with Crippen molar-refractivity contribution in [2.24, 2.45) is 0 Å². The molecular formula is C20H20N4O4S. The quantitative estimate of drug-likeness (QED) is 0.470. The first kappa shape index (κ1) is 19.1. The molecule has 29 heavy (non-hydrogen) atoms. The van der Waals surface area contributed by atoms with Crippen molar-refractivity contribution in [3.63, 3.8) is 0 Å². The van der Waals surface area contributed by atoms with Crippen molar-refractivity contribution in [2.45, 2.75) is 32.3 Å². The third-order valence-corrected chi connectivity index (χ3v) is 5.51. The van der Waals surface area contributed by atoms with Gasteiger partial charge < -0.3 is 19.1 Å². The van der Waals surface area contributed by atoms with Crippen LogP contribution in [0.5, 0.6) is 11.5 Å². The normalized spacial score (nSPS) is 13.1. The summed E-state index contributed by atoms with van der Waals surface area (Å²) in [5, 5.41) is 16.9. The lowest BCUT2D eigenvalue weighted by Crippen LogP contribution is -2.00. The van der Waals surface area contributed by atoms with Crippen LogP contribution in [0.15, 0.2) is 34.3 Å². The van der Waals surface area contributed by atoms with E-state index in [0.29, 0.717) is 17.3 Å². The number of nitrogens with zero attached hydrogens (tertiary/aromatic N) is 3. The highest BCUT2D eigenvalue weighted by Gasteiger charge is 2.18. The van der Waals surface area contributed by atoms with E-state index in [2.05, 4.69) is 19.7 Å². The average Bonchev–Trinajstić information content (AvgIpc) is 3.40. The van der Waals surface area contributed by atoms with E-state index in [4.69, 9.17) is 9.47 Å². The van der Waals surface area contributed by atoms with Crippen LogP contribution in [0, 0.1) is 13.8 Å². The molecule has 0 radical (unpaired) electrons. The molecule has 8 nitrogen and oxygen atoms in total. The summed E-state index contributed by atoms with van der Waals surface area (Å²) in [6, 6.07) is 7.70. The average molecular weight is 412 g/mol. The molecule has 4 rings (SSSR count). The molecule has 3 aromatic rings. The zero-order valence-corrected chi connectivity index (χ0v) is 17.0. The van der Waals surface area contributed by atoms with Crippen LogP contribution in [0.3, 0.4) is 0 Å². The molecule has 3 heterocycles. The Morgan fingerprint density at radius 2 is 2.10 bits per heavy atom. The minimum Gasteiger partial charge on any atom is -0.477 e. The molecule has 9 heteroatoms. The van der Waals surface area contributed by atoms with Gasteiger partial charge in [0.15, 0.2) is 11.5 Å². The number of hydrogen-bond donors (Lipinski definition) is 2. The maximum Gasteiger partial charge on any atom is 0.342 e. The Bertz CT molecular complexity index is 1120. The van der Waals surface area contributed by atoms with Crippen LogP contribution in [-0.4, -0.2) is 37.6 Å². The molecule has 0 spiro atoms. The Morgan fingerprint density at radius 1 is 1.31 bits per heavy atom. The fourth-order valence-electron chi connectivity index (χ4n) is 3.21. The van der Waals surface area contributed by atoms with Gasteiger partial charge in [-0.1, -0.05) is 6.92 Å². The van der Waals surface area contributed by atoms with Gasteiger partial charge in [-0.2, -0.15) is 0 Å². The topological polar surface area (TPSA) is 102 Å². The lowest BCUT2D eigenvalue weighted by molar-refractivity contribution is -0.131. The summed E-state index contributed by atoms with van der Waals surface area (Å²) in [6.07, 6.45) is 2.36. The lowest BCUT2D eigenvalue weighted by atomic mass is 10.2. The molecule has 1 aliphatic heterocycles. The highest BCUT2D eigenvalue weighted by atomic mass is 32.2. The minimum atomic E-state index is -1.02. The summed E-state index contributed by atoms with van der Waals surface area (Å²) in [5.41, 5.74) is 3.64. The van der Waals surface area contributed by atoms with Gasteiger partial charge in [0.2, 0.25) is 11.9 Å². The molecule has 2 aromatic heterocycles. The number of H-pyrrole nitrogens is 1. The zero-order valence-electron chi connectivity index (χ0n) is 16.2. The number of thioether (sulfide) groups is 1. The van der Waals surface area contributed by atoms with E-state index in [0.717, 1.165) is 46.0 Å². The van der Waals surface area contributed by atoms with E-state index in [1.807, 2.05) is 45.0 Å². The molecule has 0 saturated carbocycles. The van der Waals surface area contributed by atoms with Crippen LogP contribution in [0.2, 0.25) is 0 Å². The van der Waals surface area contributed by atoms with E-state index in [9.17, 15) is 9.90 Å². The fraction of sp³-hybridized carbons (Fsp3) is 0.250. The number of benzene rings is 1. The number of fused-ring (bicyclic) bond motifs is 1. The van der Waals surface area contributed by atoms with Gasteiger partial charge in [-0.25, -0.2) is 9.78 Å². The molecular weight excluding hydrogens is 392 g/mol. The first-order chi connectivity index (χ1) is 14.0. The minimum absolute atomic E-state index is 0.151. The van der Waals surface area contributed by atoms with E-state index in [1.165, 1.54) is 0 Å². The Kier molecular flexibility index (Phi) is 5.06. The van der Waals surface area contributed by atoms with Crippen molar-refractivity contribution >= 4 is 23.8 Å². The fourth-order valence-corrected chi connectivity index (χ4v) is 3.93. The number of carboxylic acid groups (broad SMARTS) is 1. The molecule has 1 aliphatic rings. The molecule has 0 aliphatic carbocycles. The number of aliphatic carboxylic acids is 1. The number of ether oxygens (including phenoxy) is 2. The number of nitrogens with one attached hydrogen (secondary N) is 1. The maximum atomic E-state index is 11.8. The zero-order chi connectivity index (χ0) is 20.5. The third kappa shape index (κ3) is 3.73. The Balaban J connectivity index is 1.69. The summed E-state index contributed by atoms with van der Waals surface area (Å²) < 4.78 is 12.9. The predicted molar refractivity (Wildman–Crippen MR) is 109 cm³/mol. The molecule has 2 N–H and O–H groups in total. The first-order valence-electron chi connectivity index (χ1n) is 9.09. The van der Waals surface area contributed by atoms with Crippen molar-refractivity contribution in [3.8, 4) is 17.2 Å². The van der Waals surface area contributed by atoms with E-state index in [-0.39, 0.29) is 11.7 Å². The summed E-state index contributed by atoms with van der Waals surface area (Å²) in [5.74, 6) is 1.12. The Hall–Kier alpha value is -3.20. The molecule has 150 valence electrons. The van der Waals surface area contributed by atoms with Crippen LogP contribution in [-0.2, 0) is 11.2 Å². The van der Waals surface area contributed by atoms with Crippen LogP contribution in [0.1, 0.15) is 29.7 Å². The predicted octanol–water partition coefficient (Wildman–Crippen LogP) is 3.72. The maximum absolute atomic E-state index is 11.8. The van der Waals surface area contributed by atoms with Gasteiger partial charge in [0, 0.05) is 29.6 Å². The monoisotopic (exact) mass is 412 g/mol. The number of aromatic nitrogens is 4. The van der Waals surface area contributed by atoms with Gasteiger partial charge in [-0.05, 0) is 55.4 Å². The van der Waals surface area contributed by atoms with Crippen LogP contribution in [0.25, 0.3) is 11.8 Å². The first-order valence-corrected chi connectivity index (χ1v) is 9.91. The van der Waals surface area contributed by atoms with Crippen molar-refractivity contribution < 1.29 is 19.4 Å². The number of carboxylic acids is 1. The number of aromatic amines is 1. The van der Waals surface area contributed by atoms with E-state index >= 15 is 0 Å². The lowest BCUT2D eigenvalue weighted by Gasteiger charge is -2.10. The summed E-state index contributed by atoms with van der Waals surface area (Å²) >= 11 is 1.03. The second-order valence-corrected chi connectivity index (χ2v) is 7.54. The second-order valence-electron chi connectivity index (χ2n) is 6.53. The van der Waals surface area contributed by atoms with Gasteiger partial charge in [0.1, 0.15) is 10.7 Å². The van der Waals surface area contributed by atoms with Crippen LogP contribution in [0.4, 0.5) is 0 Å². The smallest absolute Gasteiger partial charge is 0.342 e. The number of aryl methyl sites for hydroxylation is 2. The van der Waals surface area contributed by atoms with Crippen LogP contribution >= 0.6 is 11.8 Å². The van der Waals surface area contributed by atoms with Gasteiger partial charge in [0.05, 0.1) is 0 Å². The molecule has 0 unspecified atom stereocenters. The molecule has 1 aromatic carbocycles. The number of rotatable bonds is 6. The Morgan fingerprint density at radius 3 is 2.83 bits per heavy atom. The molecule has 0 saturated heterocycles. The molecule has 0 atom stereocenters. The second kappa shape index (κ2) is 7.67. The van der Waals surface area contributed by atoms with Gasteiger partial charge in [0.25, 0.3) is 0 Å². The summed E-state index contributed by atoms with van der Waals surface area (Å²) in [6.45, 7) is 6.10. The SMILES string of the molecule is CCc1nc(S/C(=C/c2cc(C)n(-c3ccc4c(c3)OCO4)c2C)C(=O)O)n[nH]1. The highest BCUT2D eigenvalue weighted by molar-refractivity contribution is 8.04. The number of carbonyl (C=O) groups is 1. The standard InChI is InChI=1S/C20H20N4O4S/c1-4-18-21-20(23-22-18)29-17(19(25)26)8-13-7-11(2)24(12(13)3)14-5-6-15-16(9-14)28-10-27-15/h5-9H,4,10H2,1-3H3,(H,25,26)(H,21,22,23)/b17-8+. The van der Waals surface area contributed by atoms with E-state index in [1.54, 1.807) is 6.08 Å². The summed E-state index contributed by atoms with van der Waals surface area (Å²) in [7, 11) is 0. The van der Waals surface area contributed by atoms with Gasteiger partial charge >= 0.3 is 5.97 Å². The number of hydrogen-bond acceptors (Lipinski definition) is 6. The van der Waals surface area contributed by atoms with Gasteiger partial charge in [-0.3, -0.25) is 5.10 Å². The Labute approximate surface area is 171 Å². The molecule has 0 amide bonds. The van der Waals surface area contributed by atoms with Crippen molar-refractivity contribution in [1.82, 2.24) is 19.7 Å². The largest absolute Gasteiger partial charge is 0.477 e. The third-order valence-electron chi connectivity index (χ3n) is 4.63. The van der Waals surface area contributed by atoms with Crippen molar-refractivity contribution in [3.05, 3.63) is 51.9 Å². The molecule has 0 fully saturated rings. The van der Waals surface area contributed by atoms with Crippen LogP contribution < -0.4 is 9.47 Å². The van der Waals surface area contributed by atoms with Crippen molar-refractivity contribution in [1.29, 1.82) is 0 Å². The van der Waals surface area contributed by atoms with E-state index < -0.39 is 5.97 Å². The van der Waals surface area contributed by atoms with Crippen molar-refractivity contribution in [2.75, 3.05) is 6.79 Å². The summed E-state index contributed by atoms with van der Waals surface area (Å²) in [4.78, 5) is 16.2. The molecule has 0 bridgehead atoms. The highest BCUT2D eigenvalue weighted by Crippen LogP contribution is 2.35. The van der Waals surface area contributed by atoms with Gasteiger partial charge in [-0.15, -0.1) is 5.10 Å².